The van der Waals surface area contributed by atoms with Gasteiger partial charge in [0.05, 0.1) is 0 Å². The molecule has 0 aromatic rings. The number of halogens is 2. The smallest absolute Gasteiger partial charge is 1.00 e. The molecule has 0 aromatic carbocycles. The first-order valence-corrected chi connectivity index (χ1v) is 11.2. The summed E-state index contributed by atoms with van der Waals surface area (Å²) in [6.07, 6.45) is 0. The van der Waals surface area contributed by atoms with Crippen LogP contribution in [0.3, 0.4) is 0 Å². The Morgan fingerprint density at radius 2 is 0.667 bits per heavy atom. The normalized spacial score (nSPS) is 12.5. The standard InChI is InChI=1S/3C5H11.2ClH.Nb/c3*1-5(2,3)4;;;/h3*1H2,2-4H3;2*1H;/q;;;;;+2/p-2. The van der Waals surface area contributed by atoms with E-state index in [0.29, 0.717) is 16.2 Å². The fourth-order valence-electron chi connectivity index (χ4n) is 2.18. The Morgan fingerprint density at radius 1 is 0.500 bits per heavy atom. The zero-order chi connectivity index (χ0) is 13.2. The Bertz CT molecular complexity index is 168. The molecule has 0 rings (SSSR count). The first kappa shape index (κ1) is 24.3. The second kappa shape index (κ2) is 8.57. The van der Waals surface area contributed by atoms with E-state index >= 15 is 0 Å². The molecule has 0 aliphatic carbocycles. The van der Waals surface area contributed by atoms with E-state index in [1.165, 1.54) is 13.9 Å². The second-order valence-corrected chi connectivity index (χ2v) is 14.5. The minimum Gasteiger partial charge on any atom is -1.00 e. The predicted octanol–water partition coefficient (Wildman–Crippen LogP) is 0.00580. The third-order valence-corrected chi connectivity index (χ3v) is 12.4. The molecule has 0 spiro atoms. The molecule has 0 fully saturated rings. The third-order valence-electron chi connectivity index (χ3n) is 2.09. The van der Waals surface area contributed by atoms with Gasteiger partial charge in [0.1, 0.15) is 0 Å². The number of hydrogen-bond acceptors (Lipinski definition) is 0. The fourth-order valence-corrected chi connectivity index (χ4v) is 12.9. The summed E-state index contributed by atoms with van der Waals surface area (Å²) in [6, 6.07) is 0. The first-order valence-electron chi connectivity index (χ1n) is 6.51. The van der Waals surface area contributed by atoms with E-state index in [2.05, 4.69) is 62.3 Å². The Morgan fingerprint density at radius 3 is 0.778 bits per heavy atom. The molecule has 0 aliphatic rings. The zero-order valence-corrected chi connectivity index (χ0v) is 17.5. The van der Waals surface area contributed by atoms with Gasteiger partial charge in [-0.1, -0.05) is 0 Å². The Hall–Kier alpha value is 1.32. The molecule has 18 heavy (non-hydrogen) atoms. The van der Waals surface area contributed by atoms with Gasteiger partial charge in [0.15, 0.2) is 0 Å². The van der Waals surface area contributed by atoms with Crippen LogP contribution in [0.15, 0.2) is 0 Å². The molecule has 0 radical (unpaired) electrons. The Balaban J connectivity index is -0.00000112. The van der Waals surface area contributed by atoms with E-state index in [0.717, 1.165) is 0 Å². The average molecular weight is 377 g/mol. The van der Waals surface area contributed by atoms with E-state index in [9.17, 15) is 0 Å². The van der Waals surface area contributed by atoms with E-state index in [4.69, 9.17) is 0 Å². The van der Waals surface area contributed by atoms with Gasteiger partial charge in [-0.2, -0.15) is 0 Å². The summed E-state index contributed by atoms with van der Waals surface area (Å²) in [5.41, 5.74) is 1.62. The van der Waals surface area contributed by atoms with Crippen LogP contribution in [0.25, 0.3) is 0 Å². The molecule has 0 unspecified atom stereocenters. The van der Waals surface area contributed by atoms with Crippen LogP contribution in [0.5, 0.6) is 0 Å². The molecule has 0 amide bonds. The summed E-state index contributed by atoms with van der Waals surface area (Å²) in [5, 5.41) is 0. The van der Waals surface area contributed by atoms with E-state index in [1.807, 2.05) is 0 Å². The van der Waals surface area contributed by atoms with Gasteiger partial charge in [-0.15, -0.1) is 0 Å². The maximum Gasteiger partial charge on any atom is -1.00 e. The molecular weight excluding hydrogens is 344 g/mol. The first-order chi connectivity index (χ1) is 6.79. The molecule has 3 heteroatoms. The fraction of sp³-hybridized carbons (Fsp3) is 1.00. The van der Waals surface area contributed by atoms with E-state index in [1.54, 1.807) is 0 Å². The topological polar surface area (TPSA) is 0 Å². The van der Waals surface area contributed by atoms with Crippen LogP contribution in [0.1, 0.15) is 62.3 Å². The summed E-state index contributed by atoms with van der Waals surface area (Å²) in [4.78, 5) is 0. The van der Waals surface area contributed by atoms with Gasteiger partial charge in [-0.05, 0) is 0 Å². The van der Waals surface area contributed by atoms with Crippen LogP contribution < -0.4 is 24.8 Å². The summed E-state index contributed by atoms with van der Waals surface area (Å²) in [5.74, 6) is 0. The molecule has 0 saturated heterocycles. The van der Waals surface area contributed by atoms with Gasteiger partial charge >= 0.3 is 111 Å². The van der Waals surface area contributed by atoms with Gasteiger partial charge < -0.3 is 24.8 Å². The van der Waals surface area contributed by atoms with Crippen LogP contribution >= 0.6 is 0 Å². The quantitative estimate of drug-likeness (QED) is 0.608. The van der Waals surface area contributed by atoms with Crippen LogP contribution in [0.4, 0.5) is 0 Å². The van der Waals surface area contributed by atoms with Gasteiger partial charge in [0.2, 0.25) is 0 Å². The van der Waals surface area contributed by atoms with Crippen molar-refractivity contribution >= 4 is 0 Å². The molecule has 0 heterocycles. The van der Waals surface area contributed by atoms with Crippen molar-refractivity contribution in [1.29, 1.82) is 0 Å². The van der Waals surface area contributed by atoms with E-state index in [-0.39, 0.29) is 24.8 Å². The van der Waals surface area contributed by atoms with Crippen molar-refractivity contribution in [3.63, 3.8) is 0 Å². The molecule has 0 nitrogen and oxygen atoms in total. The summed E-state index contributed by atoms with van der Waals surface area (Å²) >= 11 is -1.08. The van der Waals surface area contributed by atoms with Crippen molar-refractivity contribution in [3.05, 3.63) is 0 Å². The maximum atomic E-state index is 2.41. The van der Waals surface area contributed by atoms with Gasteiger partial charge in [0.25, 0.3) is 0 Å². The molecule has 0 bridgehead atoms. The van der Waals surface area contributed by atoms with Crippen LogP contribution in [-0.2, 0) is 18.4 Å². The van der Waals surface area contributed by atoms with Crippen LogP contribution in [-0.4, -0.2) is 0 Å². The Labute approximate surface area is 135 Å². The van der Waals surface area contributed by atoms with Crippen molar-refractivity contribution in [1.82, 2.24) is 0 Å². The molecular formula is C15H33Cl2Nb. The van der Waals surface area contributed by atoms with Gasteiger partial charge in [0, 0.05) is 0 Å². The van der Waals surface area contributed by atoms with E-state index < -0.39 is 18.4 Å². The third kappa shape index (κ3) is 17.3. The molecule has 112 valence electrons. The van der Waals surface area contributed by atoms with Crippen LogP contribution in [0, 0.1) is 16.2 Å². The molecule has 0 aliphatic heterocycles. The van der Waals surface area contributed by atoms with Crippen LogP contribution in [0.2, 0.25) is 13.9 Å². The molecule has 0 atom stereocenters. The minimum atomic E-state index is -1.08. The van der Waals surface area contributed by atoms with Crippen molar-refractivity contribution in [3.8, 4) is 0 Å². The van der Waals surface area contributed by atoms with Gasteiger partial charge in [-0.3, -0.25) is 0 Å². The van der Waals surface area contributed by atoms with Crippen molar-refractivity contribution in [2.45, 2.75) is 76.2 Å². The summed E-state index contributed by atoms with van der Waals surface area (Å²) < 4.78 is 4.60. The number of rotatable bonds is 3. The SMILES string of the molecule is CC(C)(C)[CH2][Nb+2]([CH2]C(C)(C)C)[CH2]C(C)(C)C.[Cl-].[Cl-]. The maximum absolute atomic E-state index is 2.41. The largest absolute Gasteiger partial charge is 1.00 e. The Kier molecular flexibility index (Phi) is 11.6. The monoisotopic (exact) mass is 376 g/mol. The predicted molar refractivity (Wildman–Crippen MR) is 72.8 cm³/mol. The molecule has 0 N–H and O–H groups in total. The second-order valence-electron chi connectivity index (χ2n) is 8.83. The number of hydrogen-bond donors (Lipinski definition) is 0. The minimum absolute atomic E-state index is 0. The van der Waals surface area contributed by atoms with Crippen molar-refractivity contribution in [2.24, 2.45) is 16.2 Å². The molecule has 0 aromatic heterocycles. The summed E-state index contributed by atoms with van der Waals surface area (Å²) in [6.45, 7) is 21.7. The van der Waals surface area contributed by atoms with Gasteiger partial charge in [-0.25, -0.2) is 0 Å². The zero-order valence-electron chi connectivity index (χ0n) is 13.8. The summed E-state index contributed by atoms with van der Waals surface area (Å²) in [7, 11) is 0. The van der Waals surface area contributed by atoms with Crippen molar-refractivity contribution < 1.29 is 43.3 Å². The van der Waals surface area contributed by atoms with Crippen molar-refractivity contribution in [2.75, 3.05) is 0 Å². The average Bonchev–Trinajstić information content (AvgIpc) is 1.70. The molecule has 0 saturated carbocycles.